The number of nitrogens with one attached hydrogen (secondary N) is 1. The number of rotatable bonds is 6. The van der Waals surface area contributed by atoms with E-state index in [1.165, 1.54) is 56.3 Å². The second-order valence-electron chi connectivity index (χ2n) is 7.50. The van der Waals surface area contributed by atoms with E-state index in [0.717, 1.165) is 12.3 Å². The molecule has 2 atom stereocenters. The first-order chi connectivity index (χ1) is 15.3. The second-order valence-corrected chi connectivity index (χ2v) is 7.91. The Balaban J connectivity index is 1.96. The normalized spacial score (nSPS) is 14.4. The Kier molecular flexibility index (Phi) is 6.58. The van der Waals surface area contributed by atoms with Crippen LogP contribution in [0.5, 0.6) is 11.5 Å². The van der Waals surface area contributed by atoms with Crippen LogP contribution >= 0.6 is 11.6 Å². The maximum atomic E-state index is 14.1. The molecule has 0 amide bonds. The fourth-order valence-corrected chi connectivity index (χ4v) is 3.76. The molecule has 0 aliphatic carbocycles. The monoisotopic (exact) mass is 481 g/mol. The number of halogens is 4. The predicted octanol–water partition coefficient (Wildman–Crippen LogP) is 5.38. The Morgan fingerprint density at radius 3 is 2.21 bits per heavy atom. The molecule has 1 aromatic heterocycles. The number of aromatic carboxylic acids is 1. The number of ether oxygens (including phenoxy) is 1. The van der Waals surface area contributed by atoms with E-state index in [2.05, 4.69) is 4.98 Å². The number of aliphatic hydroxyl groups is 1. The number of hydrogen-bond acceptors (Lipinski definition) is 4. The van der Waals surface area contributed by atoms with Gasteiger partial charge >= 0.3 is 12.1 Å². The number of benzene rings is 2. The molecule has 0 radical (unpaired) electrons. The van der Waals surface area contributed by atoms with Crippen LogP contribution in [0.3, 0.4) is 0 Å². The molecule has 0 aliphatic rings. The third-order valence-electron chi connectivity index (χ3n) is 5.36. The van der Waals surface area contributed by atoms with Crippen molar-refractivity contribution in [1.82, 2.24) is 4.98 Å². The zero-order valence-corrected chi connectivity index (χ0v) is 18.2. The molecule has 33 heavy (non-hydrogen) atoms. The van der Waals surface area contributed by atoms with Crippen molar-refractivity contribution in [2.24, 2.45) is 0 Å². The standard InChI is InChI=1S/C23H19ClF3NO5/c1-12-9-15(11-28-20(12)29)22(32,23(25,26)27)13(2)18-8-7-17(10-19(18)24)33-16-5-3-14(4-6-16)21(30)31/h3-11,13,32H,1-2H3,(H,28,29)(H,30,31). The van der Waals surface area contributed by atoms with Gasteiger partial charge in [0.25, 0.3) is 5.56 Å². The number of H-pyrrole nitrogens is 1. The summed E-state index contributed by atoms with van der Waals surface area (Å²) in [5.74, 6) is -2.14. The van der Waals surface area contributed by atoms with E-state index in [0.29, 0.717) is 5.75 Å². The van der Waals surface area contributed by atoms with Gasteiger partial charge in [-0.3, -0.25) is 4.79 Å². The van der Waals surface area contributed by atoms with E-state index in [-0.39, 0.29) is 27.5 Å². The summed E-state index contributed by atoms with van der Waals surface area (Å²) in [6, 6.07) is 10.5. The molecule has 0 saturated heterocycles. The van der Waals surface area contributed by atoms with Crippen LogP contribution in [0.4, 0.5) is 13.2 Å². The SMILES string of the molecule is Cc1cc(C(O)(C(C)c2ccc(Oc3ccc(C(=O)O)cc3)cc2Cl)C(F)(F)F)c[nH]c1=O. The van der Waals surface area contributed by atoms with Gasteiger partial charge in [0.2, 0.25) is 0 Å². The van der Waals surface area contributed by atoms with Crippen LogP contribution in [0, 0.1) is 6.92 Å². The first-order valence-electron chi connectivity index (χ1n) is 9.64. The van der Waals surface area contributed by atoms with Crippen molar-refractivity contribution in [2.75, 3.05) is 0 Å². The zero-order valence-electron chi connectivity index (χ0n) is 17.4. The predicted molar refractivity (Wildman–Crippen MR) is 115 cm³/mol. The molecule has 2 unspecified atom stereocenters. The van der Waals surface area contributed by atoms with E-state index in [9.17, 15) is 27.9 Å². The number of aryl methyl sites for hydroxylation is 1. The lowest BCUT2D eigenvalue weighted by atomic mass is 9.78. The number of carbonyl (C=O) groups is 1. The molecule has 1 heterocycles. The van der Waals surface area contributed by atoms with Gasteiger partial charge in [-0.2, -0.15) is 13.2 Å². The Morgan fingerprint density at radius 1 is 1.09 bits per heavy atom. The highest BCUT2D eigenvalue weighted by molar-refractivity contribution is 6.31. The van der Waals surface area contributed by atoms with Crippen molar-refractivity contribution in [1.29, 1.82) is 0 Å². The number of alkyl halides is 3. The highest BCUT2D eigenvalue weighted by atomic mass is 35.5. The molecule has 0 aliphatic heterocycles. The average molecular weight is 482 g/mol. The van der Waals surface area contributed by atoms with Crippen LogP contribution in [0.15, 0.2) is 59.5 Å². The number of aromatic amines is 1. The maximum Gasteiger partial charge on any atom is 0.422 e. The quantitative estimate of drug-likeness (QED) is 0.439. The first kappa shape index (κ1) is 24.3. The van der Waals surface area contributed by atoms with E-state index in [1.807, 2.05) is 0 Å². The summed E-state index contributed by atoms with van der Waals surface area (Å²) < 4.78 is 47.9. The van der Waals surface area contributed by atoms with E-state index in [1.54, 1.807) is 0 Å². The molecule has 3 N–H and O–H groups in total. The molecule has 6 nitrogen and oxygen atoms in total. The minimum atomic E-state index is -5.08. The summed E-state index contributed by atoms with van der Waals surface area (Å²) in [4.78, 5) is 24.7. The summed E-state index contributed by atoms with van der Waals surface area (Å²) in [6.45, 7) is 2.52. The summed E-state index contributed by atoms with van der Waals surface area (Å²) >= 11 is 6.26. The summed E-state index contributed by atoms with van der Waals surface area (Å²) in [7, 11) is 0. The molecule has 3 aromatic rings. The van der Waals surface area contributed by atoms with Gasteiger partial charge in [0, 0.05) is 28.3 Å². The second kappa shape index (κ2) is 8.92. The Bertz CT molecular complexity index is 1240. The maximum absolute atomic E-state index is 14.1. The van der Waals surface area contributed by atoms with Crippen molar-refractivity contribution in [2.45, 2.75) is 31.5 Å². The van der Waals surface area contributed by atoms with Crippen molar-refractivity contribution in [3.8, 4) is 11.5 Å². The van der Waals surface area contributed by atoms with Crippen molar-refractivity contribution >= 4 is 17.6 Å². The minimum Gasteiger partial charge on any atom is -0.478 e. The lowest BCUT2D eigenvalue weighted by molar-refractivity contribution is -0.274. The average Bonchev–Trinajstić information content (AvgIpc) is 2.74. The largest absolute Gasteiger partial charge is 0.478 e. The summed E-state index contributed by atoms with van der Waals surface area (Å²) in [5.41, 5.74) is -4.32. The van der Waals surface area contributed by atoms with Gasteiger partial charge in [-0.15, -0.1) is 0 Å². The number of aromatic nitrogens is 1. The van der Waals surface area contributed by atoms with Gasteiger partial charge in [-0.05, 0) is 55.0 Å². The molecular weight excluding hydrogens is 463 g/mol. The third-order valence-corrected chi connectivity index (χ3v) is 5.69. The van der Waals surface area contributed by atoms with Crippen molar-refractivity contribution in [3.63, 3.8) is 0 Å². The lowest BCUT2D eigenvalue weighted by Crippen LogP contribution is -2.47. The Morgan fingerprint density at radius 2 is 1.70 bits per heavy atom. The summed E-state index contributed by atoms with van der Waals surface area (Å²) in [6.07, 6.45) is -4.24. The highest BCUT2D eigenvalue weighted by Crippen LogP contribution is 2.50. The van der Waals surface area contributed by atoms with Crippen LogP contribution in [-0.4, -0.2) is 27.3 Å². The highest BCUT2D eigenvalue weighted by Gasteiger charge is 2.59. The van der Waals surface area contributed by atoms with Crippen LogP contribution in [0.25, 0.3) is 0 Å². The Labute approximate surface area is 191 Å². The van der Waals surface area contributed by atoms with E-state index >= 15 is 0 Å². The molecule has 0 saturated carbocycles. The van der Waals surface area contributed by atoms with Gasteiger partial charge < -0.3 is 19.9 Å². The van der Waals surface area contributed by atoms with Gasteiger partial charge in [0.05, 0.1) is 5.56 Å². The summed E-state index contributed by atoms with van der Waals surface area (Å²) in [5, 5.41) is 19.7. The smallest absolute Gasteiger partial charge is 0.422 e. The van der Waals surface area contributed by atoms with Crippen LogP contribution < -0.4 is 10.3 Å². The number of carboxylic acid groups (broad SMARTS) is 1. The van der Waals surface area contributed by atoms with Gasteiger partial charge in [0.15, 0.2) is 5.60 Å². The van der Waals surface area contributed by atoms with Crippen LogP contribution in [-0.2, 0) is 5.60 Å². The fourth-order valence-electron chi connectivity index (χ4n) is 3.43. The van der Waals surface area contributed by atoms with Gasteiger partial charge in [-0.25, -0.2) is 4.79 Å². The van der Waals surface area contributed by atoms with E-state index < -0.39 is 34.8 Å². The molecule has 174 valence electrons. The fraction of sp³-hybridized carbons (Fsp3) is 0.217. The molecule has 2 aromatic carbocycles. The molecule has 3 rings (SSSR count). The third kappa shape index (κ3) is 4.74. The molecule has 0 fully saturated rings. The van der Waals surface area contributed by atoms with Gasteiger partial charge in [0.1, 0.15) is 11.5 Å². The van der Waals surface area contributed by atoms with Crippen LogP contribution in [0.2, 0.25) is 5.02 Å². The topological polar surface area (TPSA) is 99.6 Å². The van der Waals surface area contributed by atoms with Crippen molar-refractivity contribution in [3.05, 3.63) is 92.4 Å². The Hall–Kier alpha value is -3.30. The number of hydrogen-bond donors (Lipinski definition) is 3. The molecular formula is C23H19ClF3NO5. The number of pyridine rings is 1. The molecule has 10 heteroatoms. The first-order valence-corrected chi connectivity index (χ1v) is 10.0. The number of carboxylic acids is 1. The van der Waals surface area contributed by atoms with Crippen LogP contribution in [0.1, 0.15) is 39.9 Å². The zero-order chi connectivity index (χ0) is 24.6. The minimum absolute atomic E-state index is 0.00826. The molecule has 0 spiro atoms. The molecule has 0 bridgehead atoms. The van der Waals surface area contributed by atoms with Crippen molar-refractivity contribution < 1.29 is 32.9 Å². The van der Waals surface area contributed by atoms with Gasteiger partial charge in [-0.1, -0.05) is 24.6 Å². The lowest BCUT2D eigenvalue weighted by Gasteiger charge is -2.37. The van der Waals surface area contributed by atoms with E-state index in [4.69, 9.17) is 21.4 Å².